The van der Waals surface area contributed by atoms with Crippen LogP contribution < -0.4 is 0 Å². The second-order valence-electron chi connectivity index (χ2n) is 7.93. The molecule has 8 atom stereocenters. The zero-order valence-electron chi connectivity index (χ0n) is 14.1. The number of esters is 1. The lowest BCUT2D eigenvalue weighted by atomic mass is 9.80. The summed E-state index contributed by atoms with van der Waals surface area (Å²) >= 11 is 0. The highest BCUT2D eigenvalue weighted by Gasteiger charge is 2.49. The van der Waals surface area contributed by atoms with E-state index in [0.717, 1.165) is 32.3 Å². The van der Waals surface area contributed by atoms with Crippen molar-refractivity contribution in [1.82, 2.24) is 0 Å². The predicted octanol–water partition coefficient (Wildman–Crippen LogP) is 2.17. The minimum absolute atomic E-state index is 0.000987. The van der Waals surface area contributed by atoms with Crippen LogP contribution in [0, 0.1) is 23.7 Å². The summed E-state index contributed by atoms with van der Waals surface area (Å²) < 4.78 is 22.3. The molecule has 0 aromatic carbocycles. The Morgan fingerprint density at radius 1 is 0.913 bits per heavy atom. The van der Waals surface area contributed by atoms with Gasteiger partial charge in [-0.2, -0.15) is 0 Å². The predicted molar refractivity (Wildman–Crippen MR) is 82.9 cm³/mol. The Hall–Kier alpha value is -0.650. The number of carbonyl (C=O) groups is 1. The van der Waals surface area contributed by atoms with Crippen LogP contribution in [0.25, 0.3) is 0 Å². The van der Waals surface area contributed by atoms with Crippen LogP contribution in [0.4, 0.5) is 0 Å². The molecule has 130 valence electrons. The van der Waals surface area contributed by atoms with E-state index < -0.39 is 0 Å². The van der Waals surface area contributed by atoms with E-state index in [-0.39, 0.29) is 11.9 Å². The molecule has 0 amide bonds. The number of carbonyl (C=O) groups excluding carboxylic acids is 1. The normalized spacial score (nSPS) is 47.4. The first-order valence-electron chi connectivity index (χ1n) is 9.17. The van der Waals surface area contributed by atoms with Crippen molar-refractivity contribution in [3.63, 3.8) is 0 Å². The Balaban J connectivity index is 1.11. The highest BCUT2D eigenvalue weighted by molar-refractivity contribution is 5.73. The Kier molecular flexibility index (Phi) is 4.37. The third-order valence-electron chi connectivity index (χ3n) is 6.20. The molecule has 4 aliphatic rings. The molecule has 23 heavy (non-hydrogen) atoms. The Morgan fingerprint density at radius 3 is 2.35 bits per heavy atom. The first kappa shape index (κ1) is 15.9. The van der Waals surface area contributed by atoms with Crippen LogP contribution in [0.15, 0.2) is 0 Å². The molecular formula is C18H28O5. The van der Waals surface area contributed by atoms with Gasteiger partial charge in [0, 0.05) is 6.61 Å². The molecule has 5 heteroatoms. The van der Waals surface area contributed by atoms with Gasteiger partial charge in [0.1, 0.15) is 6.61 Å². The van der Waals surface area contributed by atoms with E-state index in [2.05, 4.69) is 13.8 Å². The lowest BCUT2D eigenvalue weighted by molar-refractivity contribution is -0.153. The highest BCUT2D eigenvalue weighted by atomic mass is 16.6. The summed E-state index contributed by atoms with van der Waals surface area (Å²) in [5.74, 6) is 1.53. The van der Waals surface area contributed by atoms with E-state index in [9.17, 15) is 4.79 Å². The van der Waals surface area contributed by atoms with Crippen molar-refractivity contribution < 1.29 is 23.7 Å². The number of rotatable bonds is 6. The molecule has 2 aliphatic heterocycles. The third-order valence-corrected chi connectivity index (χ3v) is 6.20. The summed E-state index contributed by atoms with van der Waals surface area (Å²) in [7, 11) is 0. The second kappa shape index (κ2) is 6.34. The minimum atomic E-state index is -0.0738. The van der Waals surface area contributed by atoms with Crippen LogP contribution in [-0.4, -0.2) is 50.2 Å². The summed E-state index contributed by atoms with van der Waals surface area (Å²) in [4.78, 5) is 12.2. The fourth-order valence-electron chi connectivity index (χ4n) is 4.39. The van der Waals surface area contributed by atoms with Gasteiger partial charge in [0.2, 0.25) is 0 Å². The molecule has 0 bridgehead atoms. The van der Waals surface area contributed by atoms with Crippen LogP contribution in [-0.2, 0) is 23.7 Å². The van der Waals surface area contributed by atoms with Gasteiger partial charge in [-0.1, -0.05) is 13.8 Å². The Morgan fingerprint density at radius 2 is 1.57 bits per heavy atom. The van der Waals surface area contributed by atoms with Gasteiger partial charge < -0.3 is 18.9 Å². The van der Waals surface area contributed by atoms with Crippen LogP contribution >= 0.6 is 0 Å². The maximum absolute atomic E-state index is 12.2. The minimum Gasteiger partial charge on any atom is -0.463 e. The van der Waals surface area contributed by atoms with Gasteiger partial charge in [0.05, 0.1) is 36.9 Å². The summed E-state index contributed by atoms with van der Waals surface area (Å²) in [6, 6.07) is 0. The molecular weight excluding hydrogens is 296 g/mol. The van der Waals surface area contributed by atoms with Crippen molar-refractivity contribution in [3.05, 3.63) is 0 Å². The van der Waals surface area contributed by atoms with Gasteiger partial charge in [-0.3, -0.25) is 4.79 Å². The number of ether oxygens (including phenoxy) is 4. The van der Waals surface area contributed by atoms with E-state index in [1.165, 1.54) is 0 Å². The van der Waals surface area contributed by atoms with Crippen molar-refractivity contribution in [1.29, 1.82) is 0 Å². The van der Waals surface area contributed by atoms with E-state index >= 15 is 0 Å². The molecule has 0 spiro atoms. The van der Waals surface area contributed by atoms with Crippen LogP contribution in [0.3, 0.4) is 0 Å². The number of hydrogen-bond donors (Lipinski definition) is 0. The van der Waals surface area contributed by atoms with Crippen molar-refractivity contribution >= 4 is 5.97 Å². The highest BCUT2D eigenvalue weighted by Crippen LogP contribution is 2.43. The van der Waals surface area contributed by atoms with E-state index in [0.29, 0.717) is 55.4 Å². The van der Waals surface area contributed by atoms with Crippen LogP contribution in [0.1, 0.15) is 39.5 Å². The zero-order valence-corrected chi connectivity index (χ0v) is 14.1. The summed E-state index contributed by atoms with van der Waals surface area (Å²) in [6.45, 7) is 6.01. The lowest BCUT2D eigenvalue weighted by Gasteiger charge is -2.26. The first-order valence-corrected chi connectivity index (χ1v) is 9.17. The maximum Gasteiger partial charge on any atom is 0.309 e. The number of hydrogen-bond acceptors (Lipinski definition) is 5. The van der Waals surface area contributed by atoms with Gasteiger partial charge >= 0.3 is 5.97 Å². The fourth-order valence-corrected chi connectivity index (χ4v) is 4.39. The zero-order chi connectivity index (χ0) is 16.0. The summed E-state index contributed by atoms with van der Waals surface area (Å²) in [5.41, 5.74) is 0. The van der Waals surface area contributed by atoms with E-state index in [4.69, 9.17) is 18.9 Å². The molecule has 0 aromatic heterocycles. The molecule has 0 N–H and O–H groups in total. The molecule has 0 aromatic rings. The maximum atomic E-state index is 12.2. The van der Waals surface area contributed by atoms with Gasteiger partial charge in [-0.05, 0) is 43.4 Å². The molecule has 2 saturated carbocycles. The molecule has 8 unspecified atom stereocenters. The SMILES string of the molecule is CC1CC2OC2CC1COCCOC(=O)C1CC2OC2CC1C. The van der Waals surface area contributed by atoms with Crippen molar-refractivity contribution in [2.24, 2.45) is 23.7 Å². The molecule has 5 nitrogen and oxygen atoms in total. The third kappa shape index (κ3) is 3.57. The molecule has 4 fully saturated rings. The first-order chi connectivity index (χ1) is 11.1. The van der Waals surface area contributed by atoms with Gasteiger partial charge in [0.15, 0.2) is 0 Å². The number of fused-ring (bicyclic) bond motifs is 2. The fraction of sp³-hybridized carbons (Fsp3) is 0.944. The molecule has 2 heterocycles. The summed E-state index contributed by atoms with van der Waals surface area (Å²) in [5, 5.41) is 0. The van der Waals surface area contributed by atoms with Crippen molar-refractivity contribution in [2.75, 3.05) is 19.8 Å². The average molecular weight is 324 g/mol. The quantitative estimate of drug-likeness (QED) is 0.426. The summed E-state index contributed by atoms with van der Waals surface area (Å²) in [6.07, 6.45) is 5.82. The smallest absolute Gasteiger partial charge is 0.309 e. The average Bonchev–Trinajstić information content (AvgIpc) is 3.41. The largest absolute Gasteiger partial charge is 0.463 e. The Labute approximate surface area is 138 Å². The molecule has 2 aliphatic carbocycles. The van der Waals surface area contributed by atoms with Gasteiger partial charge in [-0.25, -0.2) is 0 Å². The van der Waals surface area contributed by atoms with E-state index in [1.807, 2.05) is 0 Å². The molecule has 2 saturated heterocycles. The molecule has 0 radical (unpaired) electrons. The Bertz CT molecular complexity index is 453. The standard InChI is InChI=1S/C18H28O5/c1-10-5-14-16(22-14)7-12(10)9-20-3-4-21-18(19)13-8-17-15(23-17)6-11(13)2/h10-17H,3-9H2,1-2H3. The monoisotopic (exact) mass is 324 g/mol. The van der Waals surface area contributed by atoms with Crippen molar-refractivity contribution in [3.8, 4) is 0 Å². The van der Waals surface area contributed by atoms with E-state index in [1.54, 1.807) is 0 Å². The van der Waals surface area contributed by atoms with Crippen molar-refractivity contribution in [2.45, 2.75) is 63.9 Å². The second-order valence-corrected chi connectivity index (χ2v) is 7.93. The number of epoxide rings is 2. The lowest BCUT2D eigenvalue weighted by Crippen LogP contribution is -2.31. The molecule has 4 rings (SSSR count). The van der Waals surface area contributed by atoms with Gasteiger partial charge in [-0.15, -0.1) is 0 Å². The van der Waals surface area contributed by atoms with Gasteiger partial charge in [0.25, 0.3) is 0 Å². The van der Waals surface area contributed by atoms with Crippen LogP contribution in [0.2, 0.25) is 0 Å². The topological polar surface area (TPSA) is 60.6 Å². The van der Waals surface area contributed by atoms with Crippen LogP contribution in [0.5, 0.6) is 0 Å².